The summed E-state index contributed by atoms with van der Waals surface area (Å²) in [4.78, 5) is 11.7. The molecule has 0 N–H and O–H groups in total. The lowest BCUT2D eigenvalue weighted by Gasteiger charge is -2.13. The summed E-state index contributed by atoms with van der Waals surface area (Å²) in [6.07, 6.45) is 0. The maximum Gasteiger partial charge on any atom is 0.338 e. The van der Waals surface area contributed by atoms with Gasteiger partial charge in [-0.3, -0.25) is 0 Å². The van der Waals surface area contributed by atoms with Gasteiger partial charge in [-0.25, -0.2) is 4.79 Å². The fourth-order valence-corrected chi connectivity index (χ4v) is 1.06. The summed E-state index contributed by atoms with van der Waals surface area (Å²) in [7, 11) is -8.13. The molecule has 5 nitrogen and oxygen atoms in total. The fraction of sp³-hybridized carbons (Fsp3) is 0.364. The molecule has 0 aliphatic heterocycles. The molecule has 0 radical (unpaired) electrons. The maximum absolute atomic E-state index is 11.7. The Kier molecular flexibility index (Phi) is 1.49. The zero-order chi connectivity index (χ0) is 19.6. The highest BCUT2D eigenvalue weighted by Crippen LogP contribution is 2.38. The minimum Gasteiger partial charge on any atom is -0.493 e. The Morgan fingerprint density at radius 2 is 1.69 bits per heavy atom. The van der Waals surface area contributed by atoms with Gasteiger partial charge in [0.15, 0.2) is 11.5 Å². The highest BCUT2D eigenvalue weighted by atomic mass is 16.5. The van der Waals surface area contributed by atoms with E-state index < -0.39 is 44.3 Å². The van der Waals surface area contributed by atoms with Crippen molar-refractivity contribution in [3.63, 3.8) is 0 Å². The van der Waals surface area contributed by atoms with Crippen molar-refractivity contribution in [1.82, 2.24) is 0 Å². The van der Waals surface area contributed by atoms with Crippen molar-refractivity contribution >= 4 is 5.97 Å². The topological polar surface area (TPSA) is 54.0 Å². The lowest BCUT2D eigenvalue weighted by atomic mass is 10.2. The van der Waals surface area contributed by atoms with Gasteiger partial charge in [-0.1, -0.05) is 0 Å². The predicted octanol–water partition coefficient (Wildman–Crippen LogP) is 1.50. The lowest BCUT2D eigenvalue weighted by molar-refractivity contribution is 0.0600. The Bertz CT molecular complexity index is 595. The van der Waals surface area contributed by atoms with Crippen LogP contribution in [-0.4, -0.2) is 34.2 Å². The molecule has 0 saturated carbocycles. The second-order valence-electron chi connectivity index (χ2n) is 2.60. The predicted molar refractivity (Wildman–Crippen MR) is 57.4 cm³/mol. The highest BCUT2D eigenvalue weighted by Gasteiger charge is 2.16. The number of hydrogen-bond donors (Lipinski definition) is 0. The number of ether oxygens (including phenoxy) is 4. The van der Waals surface area contributed by atoms with E-state index in [-0.39, 0.29) is 5.56 Å². The number of benzene rings is 1. The van der Waals surface area contributed by atoms with E-state index in [2.05, 4.69) is 18.9 Å². The number of methoxy groups -OCH3 is 4. The van der Waals surface area contributed by atoms with Crippen LogP contribution in [0.3, 0.4) is 0 Å². The Hall–Kier alpha value is -1.91. The summed E-state index contributed by atoms with van der Waals surface area (Å²) < 4.78 is 82.4. The average Bonchev–Trinajstić information content (AvgIpc) is 2.36. The van der Waals surface area contributed by atoms with Crippen molar-refractivity contribution in [3.05, 3.63) is 17.7 Å². The second kappa shape index (κ2) is 5.25. The Morgan fingerprint density at radius 1 is 1.12 bits per heavy atom. The van der Waals surface area contributed by atoms with Crippen LogP contribution in [0.2, 0.25) is 0 Å². The molecule has 5 heteroatoms. The van der Waals surface area contributed by atoms with Gasteiger partial charge in [0.25, 0.3) is 0 Å². The van der Waals surface area contributed by atoms with Gasteiger partial charge in [0, 0.05) is 0 Å². The molecule has 1 rings (SSSR count). The summed E-state index contributed by atoms with van der Waals surface area (Å²) in [6.45, 7) is 0. The van der Waals surface area contributed by atoms with E-state index in [1.165, 1.54) is 0 Å². The van der Waals surface area contributed by atoms with Crippen LogP contribution in [0.15, 0.2) is 12.1 Å². The zero-order valence-electron chi connectivity index (χ0n) is 17.2. The van der Waals surface area contributed by atoms with Crippen molar-refractivity contribution in [3.8, 4) is 17.2 Å². The van der Waals surface area contributed by atoms with Crippen molar-refractivity contribution in [2.45, 2.75) is 0 Å². The largest absolute Gasteiger partial charge is 0.493 e. The Balaban J connectivity index is 3.61. The van der Waals surface area contributed by atoms with Crippen LogP contribution in [0.25, 0.3) is 0 Å². The van der Waals surface area contributed by atoms with E-state index in [9.17, 15) is 4.79 Å². The summed E-state index contributed by atoms with van der Waals surface area (Å²) in [5, 5.41) is 0. The summed E-state index contributed by atoms with van der Waals surface area (Å²) in [5.41, 5.74) is -0.334. The minimum absolute atomic E-state index is 0.334. The van der Waals surface area contributed by atoms with Gasteiger partial charge in [-0.15, -0.1) is 0 Å². The van der Waals surface area contributed by atoms with E-state index in [1.54, 1.807) is 0 Å². The van der Waals surface area contributed by atoms with Crippen LogP contribution in [0.5, 0.6) is 17.2 Å². The SMILES string of the molecule is [2H]C([2H])([2H])Oc1cc(C(=O)OC)cc(OC([2H])([2H])[2H])c1OC([2H])([2H])[2H]. The number of hydrogen-bond acceptors (Lipinski definition) is 5. The Morgan fingerprint density at radius 3 is 2.12 bits per heavy atom. The number of carbonyl (C=O) groups excluding carboxylic acids is 1. The third-order valence-electron chi connectivity index (χ3n) is 1.76. The van der Waals surface area contributed by atoms with E-state index in [0.717, 1.165) is 19.2 Å². The fourth-order valence-electron chi connectivity index (χ4n) is 1.06. The molecule has 0 aromatic heterocycles. The van der Waals surface area contributed by atoms with Gasteiger partial charge < -0.3 is 18.9 Å². The molecule has 16 heavy (non-hydrogen) atoms. The molecule has 0 fully saturated rings. The monoisotopic (exact) mass is 235 g/mol. The summed E-state index contributed by atoms with van der Waals surface area (Å²) in [6, 6.07) is 1.68. The molecule has 0 spiro atoms. The van der Waals surface area contributed by atoms with Crippen LogP contribution >= 0.6 is 0 Å². The second-order valence-corrected chi connectivity index (χ2v) is 2.60. The first-order chi connectivity index (χ1) is 11.1. The molecule has 0 saturated heterocycles. The van der Waals surface area contributed by atoms with Gasteiger partial charge in [0.05, 0.1) is 46.1 Å². The van der Waals surface area contributed by atoms with Gasteiger partial charge in [0.2, 0.25) is 5.75 Å². The lowest BCUT2D eigenvalue weighted by Crippen LogP contribution is -2.03. The standard InChI is InChI=1S/C11H14O5/c1-13-8-5-7(11(12)16-4)6-9(14-2)10(8)15-3/h5-6H,1-4H3/i1D3,2D3,3D3. The van der Waals surface area contributed by atoms with Crippen LogP contribution in [0.1, 0.15) is 22.7 Å². The molecule has 1 aromatic carbocycles. The van der Waals surface area contributed by atoms with Gasteiger partial charge in [0.1, 0.15) is 0 Å². The van der Waals surface area contributed by atoms with Gasteiger partial charge in [-0.2, -0.15) is 0 Å². The van der Waals surface area contributed by atoms with Crippen LogP contribution in [0, 0.1) is 0 Å². The molecule has 88 valence electrons. The first kappa shape index (κ1) is 4.53. The summed E-state index contributed by atoms with van der Waals surface area (Å²) in [5.74, 6) is -3.22. The average molecular weight is 235 g/mol. The minimum atomic E-state index is -3.08. The quantitative estimate of drug-likeness (QED) is 0.740. The molecular formula is C11H14O5. The van der Waals surface area contributed by atoms with E-state index in [4.69, 9.17) is 12.3 Å². The molecule has 1 aromatic rings. The molecule has 0 bridgehead atoms. The van der Waals surface area contributed by atoms with Crippen LogP contribution < -0.4 is 14.2 Å². The van der Waals surface area contributed by atoms with E-state index >= 15 is 0 Å². The Labute approximate surface area is 107 Å². The van der Waals surface area contributed by atoms with Gasteiger partial charge in [-0.05, 0) is 12.1 Å². The number of rotatable bonds is 4. The first-order valence-corrected chi connectivity index (χ1v) is 3.95. The maximum atomic E-state index is 11.7. The number of carbonyl (C=O) groups is 1. The van der Waals surface area contributed by atoms with Gasteiger partial charge >= 0.3 is 5.97 Å². The van der Waals surface area contributed by atoms with Crippen molar-refractivity contribution in [1.29, 1.82) is 0 Å². The smallest absolute Gasteiger partial charge is 0.338 e. The molecule has 0 aliphatic carbocycles. The third kappa shape index (κ3) is 2.18. The molecular weight excluding hydrogens is 212 g/mol. The van der Waals surface area contributed by atoms with Crippen LogP contribution in [-0.2, 0) is 4.74 Å². The normalized spacial score (nSPS) is 20.2. The molecule has 0 heterocycles. The van der Waals surface area contributed by atoms with E-state index in [0.29, 0.717) is 0 Å². The van der Waals surface area contributed by atoms with Crippen molar-refractivity contribution < 1.29 is 36.1 Å². The molecule has 0 aliphatic rings. The first-order valence-electron chi connectivity index (χ1n) is 8.45. The van der Waals surface area contributed by atoms with Crippen LogP contribution in [0.4, 0.5) is 0 Å². The van der Waals surface area contributed by atoms with Crippen molar-refractivity contribution in [2.75, 3.05) is 28.2 Å². The number of esters is 1. The zero-order valence-corrected chi connectivity index (χ0v) is 8.20. The molecule has 0 unspecified atom stereocenters. The summed E-state index contributed by atoms with van der Waals surface area (Å²) >= 11 is 0. The van der Waals surface area contributed by atoms with Crippen molar-refractivity contribution in [2.24, 2.45) is 0 Å². The highest BCUT2D eigenvalue weighted by molar-refractivity contribution is 5.91. The third-order valence-corrected chi connectivity index (χ3v) is 1.76. The molecule has 0 amide bonds. The van der Waals surface area contributed by atoms with E-state index in [1.807, 2.05) is 0 Å². The molecule has 0 atom stereocenters.